The summed E-state index contributed by atoms with van der Waals surface area (Å²) in [6, 6.07) is 16.8. The van der Waals surface area contributed by atoms with Crippen molar-refractivity contribution in [2.45, 2.75) is 31.2 Å². The van der Waals surface area contributed by atoms with Gasteiger partial charge in [0.25, 0.3) is 0 Å². The van der Waals surface area contributed by atoms with Gasteiger partial charge in [0.1, 0.15) is 5.76 Å². The Labute approximate surface area is 192 Å². The molecular weight excluding hydrogens is 442 g/mol. The number of carbonyl (C=O) groups excluding carboxylic acids is 2. The van der Waals surface area contributed by atoms with Gasteiger partial charge in [-0.2, -0.15) is 4.31 Å². The Hall–Kier alpha value is -3.43. The van der Waals surface area contributed by atoms with Crippen molar-refractivity contribution in [3.63, 3.8) is 0 Å². The van der Waals surface area contributed by atoms with Crippen molar-refractivity contribution >= 4 is 33.2 Å². The Morgan fingerprint density at radius 3 is 2.52 bits per heavy atom. The van der Waals surface area contributed by atoms with Crippen molar-refractivity contribution in [1.29, 1.82) is 0 Å². The van der Waals surface area contributed by atoms with E-state index in [0.717, 1.165) is 16.3 Å². The highest BCUT2D eigenvalue weighted by atomic mass is 32.2. The van der Waals surface area contributed by atoms with Crippen LogP contribution in [0.15, 0.2) is 76.2 Å². The molecule has 8 nitrogen and oxygen atoms in total. The molecule has 1 saturated heterocycles. The van der Waals surface area contributed by atoms with Crippen LogP contribution in [0, 0.1) is 6.92 Å². The predicted molar refractivity (Wildman–Crippen MR) is 124 cm³/mol. The molecule has 9 heteroatoms. The SMILES string of the molecule is Cc1ccc(S(=O)(=O)N(CC(=O)Nc2ccccc2N2CCCC2=O)Cc2ccco2)cc1. The second kappa shape index (κ2) is 9.60. The highest BCUT2D eigenvalue weighted by Crippen LogP contribution is 2.29. The highest BCUT2D eigenvalue weighted by Gasteiger charge is 2.29. The third-order valence-electron chi connectivity index (χ3n) is 5.43. The summed E-state index contributed by atoms with van der Waals surface area (Å²) in [5.74, 6) is -0.101. The molecule has 0 spiro atoms. The summed E-state index contributed by atoms with van der Waals surface area (Å²) in [4.78, 5) is 26.9. The van der Waals surface area contributed by atoms with E-state index in [1.54, 1.807) is 53.4 Å². The number of furan rings is 1. The van der Waals surface area contributed by atoms with E-state index in [1.807, 2.05) is 6.92 Å². The highest BCUT2D eigenvalue weighted by molar-refractivity contribution is 7.89. The summed E-state index contributed by atoms with van der Waals surface area (Å²) < 4.78 is 33.1. The molecule has 4 rings (SSSR count). The quantitative estimate of drug-likeness (QED) is 0.546. The smallest absolute Gasteiger partial charge is 0.243 e. The number of para-hydroxylation sites is 2. The molecule has 0 saturated carbocycles. The van der Waals surface area contributed by atoms with Gasteiger partial charge in [0.15, 0.2) is 0 Å². The van der Waals surface area contributed by atoms with E-state index in [0.29, 0.717) is 30.1 Å². The molecule has 0 radical (unpaired) electrons. The van der Waals surface area contributed by atoms with Gasteiger partial charge in [-0.3, -0.25) is 9.59 Å². The second-order valence-electron chi connectivity index (χ2n) is 7.88. The molecule has 1 aromatic heterocycles. The van der Waals surface area contributed by atoms with Crippen molar-refractivity contribution in [3.05, 3.63) is 78.3 Å². The third kappa shape index (κ3) is 5.15. The summed E-state index contributed by atoms with van der Waals surface area (Å²) >= 11 is 0. The van der Waals surface area contributed by atoms with Gasteiger partial charge in [0.05, 0.1) is 35.6 Å². The maximum Gasteiger partial charge on any atom is 0.243 e. The molecule has 1 aliphatic rings. The van der Waals surface area contributed by atoms with Crippen molar-refractivity contribution in [1.82, 2.24) is 4.31 Å². The molecule has 1 aliphatic heterocycles. The first-order chi connectivity index (χ1) is 15.8. The number of hydrogen-bond donors (Lipinski definition) is 1. The van der Waals surface area contributed by atoms with Crippen LogP contribution in [-0.2, 0) is 26.2 Å². The van der Waals surface area contributed by atoms with Gasteiger partial charge in [-0.15, -0.1) is 0 Å². The molecule has 33 heavy (non-hydrogen) atoms. The number of nitrogens with zero attached hydrogens (tertiary/aromatic N) is 2. The van der Waals surface area contributed by atoms with Crippen LogP contribution in [-0.4, -0.2) is 37.6 Å². The van der Waals surface area contributed by atoms with Gasteiger partial charge in [0.2, 0.25) is 21.8 Å². The minimum Gasteiger partial charge on any atom is -0.468 e. The fourth-order valence-corrected chi connectivity index (χ4v) is 5.09. The van der Waals surface area contributed by atoms with Crippen LogP contribution in [0.4, 0.5) is 11.4 Å². The summed E-state index contributed by atoms with van der Waals surface area (Å²) in [7, 11) is -3.97. The summed E-state index contributed by atoms with van der Waals surface area (Å²) in [6.45, 7) is 1.94. The lowest BCUT2D eigenvalue weighted by atomic mass is 10.2. The molecule has 1 fully saturated rings. The van der Waals surface area contributed by atoms with Crippen LogP contribution in [0.3, 0.4) is 0 Å². The number of sulfonamides is 1. The van der Waals surface area contributed by atoms with Crippen LogP contribution in [0.2, 0.25) is 0 Å². The van der Waals surface area contributed by atoms with Crippen molar-refractivity contribution in [3.8, 4) is 0 Å². The Bertz CT molecular complexity index is 1240. The van der Waals surface area contributed by atoms with E-state index in [1.165, 1.54) is 18.4 Å². The topological polar surface area (TPSA) is 99.9 Å². The van der Waals surface area contributed by atoms with Crippen LogP contribution < -0.4 is 10.2 Å². The van der Waals surface area contributed by atoms with Gasteiger partial charge >= 0.3 is 0 Å². The third-order valence-corrected chi connectivity index (χ3v) is 7.24. The monoisotopic (exact) mass is 467 g/mol. The standard InChI is InChI=1S/C24H25N3O5S/c1-18-10-12-20(13-11-18)33(30,31)26(16-19-6-5-15-32-19)17-23(28)25-21-7-2-3-8-22(21)27-14-4-9-24(27)29/h2-3,5-8,10-13,15H,4,9,14,16-17H2,1H3,(H,25,28). The van der Waals surface area contributed by atoms with E-state index in [2.05, 4.69) is 5.32 Å². The number of rotatable bonds is 8. The zero-order valence-corrected chi connectivity index (χ0v) is 19.0. The predicted octanol–water partition coefficient (Wildman–Crippen LogP) is 3.54. The molecule has 2 aromatic carbocycles. The van der Waals surface area contributed by atoms with Gasteiger partial charge in [-0.25, -0.2) is 8.42 Å². The largest absolute Gasteiger partial charge is 0.468 e. The second-order valence-corrected chi connectivity index (χ2v) is 9.82. The van der Waals surface area contributed by atoms with E-state index in [-0.39, 0.29) is 17.3 Å². The molecule has 0 bridgehead atoms. The first-order valence-corrected chi connectivity index (χ1v) is 12.1. The van der Waals surface area contributed by atoms with Gasteiger partial charge in [-0.05, 0) is 49.7 Å². The minimum absolute atomic E-state index is 0.00177. The van der Waals surface area contributed by atoms with Crippen molar-refractivity contribution in [2.75, 3.05) is 23.3 Å². The van der Waals surface area contributed by atoms with Crippen LogP contribution in [0.5, 0.6) is 0 Å². The van der Waals surface area contributed by atoms with Crippen LogP contribution in [0.1, 0.15) is 24.2 Å². The number of carbonyl (C=O) groups is 2. The fourth-order valence-electron chi connectivity index (χ4n) is 3.73. The number of hydrogen-bond acceptors (Lipinski definition) is 5. The summed E-state index contributed by atoms with van der Waals surface area (Å²) in [6.07, 6.45) is 2.68. The van der Waals surface area contributed by atoms with E-state index in [4.69, 9.17) is 4.42 Å². The Kier molecular flexibility index (Phi) is 6.62. The number of anilines is 2. The molecule has 0 unspecified atom stereocenters. The Balaban J connectivity index is 1.57. The van der Waals surface area contributed by atoms with Crippen LogP contribution in [0.25, 0.3) is 0 Å². The number of aryl methyl sites for hydroxylation is 1. The van der Waals surface area contributed by atoms with Gasteiger partial charge in [0, 0.05) is 13.0 Å². The average Bonchev–Trinajstić information content (AvgIpc) is 3.46. The first-order valence-electron chi connectivity index (χ1n) is 10.6. The van der Waals surface area contributed by atoms with Crippen molar-refractivity contribution < 1.29 is 22.4 Å². The maximum atomic E-state index is 13.3. The van der Waals surface area contributed by atoms with Crippen molar-refractivity contribution in [2.24, 2.45) is 0 Å². The maximum absolute atomic E-state index is 13.3. The fraction of sp³-hybridized carbons (Fsp3) is 0.250. The van der Waals surface area contributed by atoms with Gasteiger partial charge in [-0.1, -0.05) is 29.8 Å². The Morgan fingerprint density at radius 1 is 1.09 bits per heavy atom. The summed E-state index contributed by atoms with van der Waals surface area (Å²) in [5, 5.41) is 2.78. The molecule has 3 aromatic rings. The number of nitrogens with one attached hydrogen (secondary N) is 1. The Morgan fingerprint density at radius 2 is 1.85 bits per heavy atom. The molecular formula is C24H25N3O5S. The normalized spacial score (nSPS) is 14.1. The molecule has 0 aliphatic carbocycles. The first kappa shape index (κ1) is 22.8. The average molecular weight is 468 g/mol. The number of amides is 2. The molecule has 2 heterocycles. The molecule has 0 atom stereocenters. The molecule has 2 amide bonds. The zero-order chi connectivity index (χ0) is 23.4. The molecule has 1 N–H and O–H groups in total. The number of benzene rings is 2. The van der Waals surface area contributed by atoms with E-state index >= 15 is 0 Å². The lowest BCUT2D eigenvalue weighted by Crippen LogP contribution is -2.37. The van der Waals surface area contributed by atoms with Gasteiger partial charge < -0.3 is 14.6 Å². The lowest BCUT2D eigenvalue weighted by Gasteiger charge is -2.23. The lowest BCUT2D eigenvalue weighted by molar-refractivity contribution is -0.117. The molecule has 172 valence electrons. The van der Waals surface area contributed by atoms with Crippen LogP contribution >= 0.6 is 0 Å². The zero-order valence-electron chi connectivity index (χ0n) is 18.2. The van der Waals surface area contributed by atoms with E-state index in [9.17, 15) is 18.0 Å². The minimum atomic E-state index is -3.97. The van der Waals surface area contributed by atoms with E-state index < -0.39 is 22.5 Å². The summed E-state index contributed by atoms with van der Waals surface area (Å²) in [5.41, 5.74) is 1.99.